The summed E-state index contributed by atoms with van der Waals surface area (Å²) in [5.74, 6) is 1.12. The topological polar surface area (TPSA) is 49.4 Å². The Morgan fingerprint density at radius 2 is 1.96 bits per heavy atom. The van der Waals surface area contributed by atoms with Gasteiger partial charge in [0.15, 0.2) is 0 Å². The van der Waals surface area contributed by atoms with Crippen LogP contribution in [0.5, 0.6) is 0 Å². The maximum atomic E-state index is 13.0. The smallest absolute Gasteiger partial charge is 0.254 e. The lowest BCUT2D eigenvalue weighted by Crippen LogP contribution is -2.43. The fourth-order valence-corrected chi connectivity index (χ4v) is 5.04. The van der Waals surface area contributed by atoms with Crippen molar-refractivity contribution in [1.29, 1.82) is 0 Å². The molecule has 2 heterocycles. The first-order valence-electron chi connectivity index (χ1n) is 9.50. The Hall–Kier alpha value is -1.79. The lowest BCUT2D eigenvalue weighted by molar-refractivity contribution is -0.126. The summed E-state index contributed by atoms with van der Waals surface area (Å²) in [5, 5.41) is 5.05. The first-order valence-corrected chi connectivity index (χ1v) is 11.4. The highest BCUT2D eigenvalue weighted by atomic mass is 32.2. The van der Waals surface area contributed by atoms with E-state index in [1.165, 1.54) is 4.88 Å². The molecule has 0 saturated carbocycles. The van der Waals surface area contributed by atoms with Crippen LogP contribution in [0.25, 0.3) is 0 Å². The van der Waals surface area contributed by atoms with Crippen molar-refractivity contribution in [3.05, 3.63) is 52.2 Å². The molecule has 2 aromatic rings. The highest BCUT2D eigenvalue weighted by molar-refractivity contribution is 7.98. The van der Waals surface area contributed by atoms with Gasteiger partial charge in [-0.1, -0.05) is 25.1 Å². The fraction of sp³-hybridized carbons (Fsp3) is 0.429. The molecule has 3 rings (SSSR count). The summed E-state index contributed by atoms with van der Waals surface area (Å²) in [6.07, 6.45) is 2.43. The summed E-state index contributed by atoms with van der Waals surface area (Å²) in [4.78, 5) is 29.4. The van der Waals surface area contributed by atoms with Gasteiger partial charge in [0.1, 0.15) is 0 Å². The third-order valence-electron chi connectivity index (χ3n) is 4.77. The van der Waals surface area contributed by atoms with Gasteiger partial charge in [-0.05, 0) is 42.8 Å². The second-order valence-corrected chi connectivity index (χ2v) is 8.77. The van der Waals surface area contributed by atoms with Gasteiger partial charge in [-0.25, -0.2) is 0 Å². The Labute approximate surface area is 169 Å². The van der Waals surface area contributed by atoms with Crippen LogP contribution < -0.4 is 5.32 Å². The van der Waals surface area contributed by atoms with E-state index in [4.69, 9.17) is 0 Å². The number of likely N-dealkylation sites (tertiary alicyclic amines) is 1. The molecule has 0 aliphatic carbocycles. The molecule has 0 radical (unpaired) electrons. The number of amides is 2. The van der Waals surface area contributed by atoms with E-state index in [-0.39, 0.29) is 17.7 Å². The number of piperidine rings is 1. The predicted octanol–water partition coefficient (Wildman–Crippen LogP) is 4.42. The third-order valence-corrected chi connectivity index (χ3v) is 6.95. The molecule has 0 bridgehead atoms. The highest BCUT2D eigenvalue weighted by Crippen LogP contribution is 2.29. The van der Waals surface area contributed by atoms with E-state index in [0.717, 1.165) is 42.0 Å². The minimum Gasteiger partial charge on any atom is -0.356 e. The van der Waals surface area contributed by atoms with Crippen LogP contribution in [0.3, 0.4) is 0 Å². The lowest BCUT2D eigenvalue weighted by atomic mass is 9.95. The number of nitrogens with one attached hydrogen (secondary N) is 1. The van der Waals surface area contributed by atoms with E-state index in [0.29, 0.717) is 13.1 Å². The first-order chi connectivity index (χ1) is 13.2. The van der Waals surface area contributed by atoms with Crippen molar-refractivity contribution in [2.75, 3.05) is 19.6 Å². The Bertz CT molecular complexity index is 753. The van der Waals surface area contributed by atoms with E-state index >= 15 is 0 Å². The molecule has 1 N–H and O–H groups in total. The number of thioether (sulfide) groups is 1. The molecule has 27 heavy (non-hydrogen) atoms. The van der Waals surface area contributed by atoms with E-state index in [1.807, 2.05) is 29.2 Å². The van der Waals surface area contributed by atoms with Crippen LogP contribution in [0.1, 0.15) is 41.4 Å². The van der Waals surface area contributed by atoms with Crippen LogP contribution in [-0.4, -0.2) is 36.3 Å². The molecule has 0 unspecified atom stereocenters. The molecule has 1 aliphatic heterocycles. The monoisotopic (exact) mass is 402 g/mol. The molecule has 2 amide bonds. The quantitative estimate of drug-likeness (QED) is 0.698. The summed E-state index contributed by atoms with van der Waals surface area (Å²) >= 11 is 3.45. The molecule has 4 nitrogen and oxygen atoms in total. The normalized spacial score (nSPS) is 14.9. The number of hydrogen-bond donors (Lipinski definition) is 1. The van der Waals surface area contributed by atoms with Gasteiger partial charge < -0.3 is 10.2 Å². The molecule has 0 atom stereocenters. The minimum atomic E-state index is 0.0315. The van der Waals surface area contributed by atoms with Gasteiger partial charge in [-0.15, -0.1) is 23.1 Å². The van der Waals surface area contributed by atoms with Gasteiger partial charge in [0, 0.05) is 41.1 Å². The molecular weight excluding hydrogens is 376 g/mol. The largest absolute Gasteiger partial charge is 0.356 e. The van der Waals surface area contributed by atoms with Crippen molar-refractivity contribution in [3.63, 3.8) is 0 Å². The van der Waals surface area contributed by atoms with Crippen LogP contribution in [0.15, 0.2) is 46.7 Å². The number of nitrogens with zero attached hydrogens (tertiary/aromatic N) is 1. The standard InChI is InChI=1S/C21H26N2O2S2/c1-2-11-22-20(24)16-9-12-23(13-10-16)21(25)18-7-3-4-8-19(18)27-15-17-6-5-14-26-17/h3-8,14,16H,2,9-13,15H2,1H3,(H,22,24). The number of carbonyl (C=O) groups excluding carboxylic acids is 2. The lowest BCUT2D eigenvalue weighted by Gasteiger charge is -2.31. The maximum absolute atomic E-state index is 13.0. The Balaban J connectivity index is 1.59. The van der Waals surface area contributed by atoms with E-state index in [9.17, 15) is 9.59 Å². The van der Waals surface area contributed by atoms with Crippen molar-refractivity contribution in [3.8, 4) is 0 Å². The molecular formula is C21H26N2O2S2. The van der Waals surface area contributed by atoms with Crippen molar-refractivity contribution < 1.29 is 9.59 Å². The van der Waals surface area contributed by atoms with E-state index < -0.39 is 0 Å². The van der Waals surface area contributed by atoms with Crippen LogP contribution in [0.2, 0.25) is 0 Å². The van der Waals surface area contributed by atoms with Crippen molar-refractivity contribution in [1.82, 2.24) is 10.2 Å². The third kappa shape index (κ3) is 5.36. The van der Waals surface area contributed by atoms with Gasteiger partial charge in [0.05, 0.1) is 5.56 Å². The highest BCUT2D eigenvalue weighted by Gasteiger charge is 2.28. The van der Waals surface area contributed by atoms with Gasteiger partial charge >= 0.3 is 0 Å². The van der Waals surface area contributed by atoms with Gasteiger partial charge in [0.25, 0.3) is 5.91 Å². The molecule has 6 heteroatoms. The zero-order chi connectivity index (χ0) is 19.1. The Morgan fingerprint density at radius 3 is 2.67 bits per heavy atom. The van der Waals surface area contributed by atoms with Crippen LogP contribution in [-0.2, 0) is 10.5 Å². The zero-order valence-electron chi connectivity index (χ0n) is 15.6. The number of rotatable bonds is 7. The Morgan fingerprint density at radius 1 is 1.19 bits per heavy atom. The van der Waals surface area contributed by atoms with Crippen molar-refractivity contribution >= 4 is 34.9 Å². The SMILES string of the molecule is CCCNC(=O)C1CCN(C(=O)c2ccccc2SCc2cccs2)CC1. The summed E-state index contributed by atoms with van der Waals surface area (Å²) in [7, 11) is 0. The average molecular weight is 403 g/mol. The summed E-state index contributed by atoms with van der Waals surface area (Å²) in [6, 6.07) is 12.0. The number of benzene rings is 1. The summed E-state index contributed by atoms with van der Waals surface area (Å²) < 4.78 is 0. The number of carbonyl (C=O) groups is 2. The second-order valence-electron chi connectivity index (χ2n) is 6.72. The molecule has 1 saturated heterocycles. The fourth-order valence-electron chi connectivity index (χ4n) is 3.22. The van der Waals surface area contributed by atoms with E-state index in [1.54, 1.807) is 23.1 Å². The minimum absolute atomic E-state index is 0.0315. The number of hydrogen-bond acceptors (Lipinski definition) is 4. The average Bonchev–Trinajstić information content (AvgIpc) is 3.24. The van der Waals surface area contributed by atoms with Crippen molar-refractivity contribution in [2.24, 2.45) is 5.92 Å². The van der Waals surface area contributed by atoms with Gasteiger partial charge in [-0.2, -0.15) is 0 Å². The molecule has 1 fully saturated rings. The molecule has 144 valence electrons. The van der Waals surface area contributed by atoms with Crippen LogP contribution >= 0.6 is 23.1 Å². The van der Waals surface area contributed by atoms with Crippen molar-refractivity contribution in [2.45, 2.75) is 36.8 Å². The van der Waals surface area contributed by atoms with Crippen LogP contribution in [0, 0.1) is 5.92 Å². The maximum Gasteiger partial charge on any atom is 0.254 e. The summed E-state index contributed by atoms with van der Waals surface area (Å²) in [5.41, 5.74) is 0.771. The number of thiophene rings is 1. The van der Waals surface area contributed by atoms with Gasteiger partial charge in [-0.3, -0.25) is 9.59 Å². The van der Waals surface area contributed by atoms with Crippen LogP contribution in [0.4, 0.5) is 0 Å². The first kappa shape index (κ1) is 20.0. The Kier molecular flexibility index (Phi) is 7.35. The van der Waals surface area contributed by atoms with Gasteiger partial charge in [0.2, 0.25) is 5.91 Å². The molecule has 1 aromatic carbocycles. The molecule has 1 aliphatic rings. The molecule has 1 aromatic heterocycles. The predicted molar refractivity (Wildman–Crippen MR) is 112 cm³/mol. The summed E-state index contributed by atoms with van der Waals surface area (Å²) in [6.45, 7) is 4.07. The zero-order valence-corrected chi connectivity index (χ0v) is 17.3. The van der Waals surface area contributed by atoms with E-state index in [2.05, 4.69) is 29.8 Å². The second kappa shape index (κ2) is 9.95. The molecule has 0 spiro atoms.